The van der Waals surface area contributed by atoms with Gasteiger partial charge in [0.2, 0.25) is 0 Å². The van der Waals surface area contributed by atoms with Gasteiger partial charge in [-0.05, 0) is 6.07 Å². The predicted molar refractivity (Wildman–Crippen MR) is 65.8 cm³/mol. The van der Waals surface area contributed by atoms with Gasteiger partial charge in [0.1, 0.15) is 0 Å². The minimum atomic E-state index is -4.84. The summed E-state index contributed by atoms with van der Waals surface area (Å²) >= 11 is 0. The van der Waals surface area contributed by atoms with Gasteiger partial charge in [-0.15, -0.1) is 0 Å². The minimum absolute atomic E-state index is 0.464. The molecule has 1 amide bonds. The molecule has 11 heteroatoms. The number of amides is 1. The maximum Gasteiger partial charge on any atom is 0.417 e. The lowest BCUT2D eigenvalue weighted by Gasteiger charge is -2.18. The summed E-state index contributed by atoms with van der Waals surface area (Å²) in [6.45, 7) is -1.68. The normalized spacial score (nSPS) is 21.8. The molecule has 1 N–H and O–H groups in total. The highest BCUT2D eigenvalue weighted by atomic mass is 19.4. The Bertz CT molecular complexity index is 658. The van der Waals surface area contributed by atoms with E-state index in [0.29, 0.717) is 17.2 Å². The molecule has 132 valence electrons. The summed E-state index contributed by atoms with van der Waals surface area (Å²) in [4.78, 5) is 26.9. The Kier molecular flexibility index (Phi) is 4.46. The van der Waals surface area contributed by atoms with Gasteiger partial charge in [0.15, 0.2) is 0 Å². The zero-order valence-electron chi connectivity index (χ0n) is 11.7. The summed E-state index contributed by atoms with van der Waals surface area (Å²) in [7, 11) is 0. The van der Waals surface area contributed by atoms with Crippen LogP contribution in [0.5, 0.6) is 0 Å². The molecule has 2 atom stereocenters. The third-order valence-corrected chi connectivity index (χ3v) is 3.66. The molecule has 1 aromatic heterocycles. The first-order valence-corrected chi connectivity index (χ1v) is 6.52. The van der Waals surface area contributed by atoms with Crippen molar-refractivity contribution in [2.75, 3.05) is 13.1 Å². The monoisotopic (exact) mass is 356 g/mol. The van der Waals surface area contributed by atoms with Gasteiger partial charge in [-0.3, -0.25) is 14.6 Å². The number of alkyl halides is 6. The zero-order chi connectivity index (χ0) is 18.3. The second-order valence-electron chi connectivity index (χ2n) is 5.26. The number of carbonyl (C=O) groups excluding carboxylic acids is 1. The molecule has 1 aliphatic heterocycles. The molecular formula is C13H10F6N2O3. The molecule has 2 rings (SSSR count). The second kappa shape index (κ2) is 5.95. The first-order chi connectivity index (χ1) is 10.9. The summed E-state index contributed by atoms with van der Waals surface area (Å²) in [5, 5.41) is 8.87. The summed E-state index contributed by atoms with van der Waals surface area (Å²) in [6.07, 6.45) is -8.36. The molecule has 0 unspecified atom stereocenters. The number of pyridine rings is 1. The van der Waals surface area contributed by atoms with Crippen LogP contribution in [0.15, 0.2) is 18.5 Å². The Morgan fingerprint density at radius 2 is 1.75 bits per heavy atom. The Morgan fingerprint density at radius 1 is 1.12 bits per heavy atom. The Morgan fingerprint density at radius 3 is 2.21 bits per heavy atom. The largest absolute Gasteiger partial charge is 0.481 e. The van der Waals surface area contributed by atoms with Crippen LogP contribution in [0.1, 0.15) is 15.9 Å². The molecule has 0 saturated carbocycles. The van der Waals surface area contributed by atoms with Crippen LogP contribution in [0.2, 0.25) is 0 Å². The number of carboxylic acids is 1. The fourth-order valence-electron chi connectivity index (χ4n) is 2.45. The third kappa shape index (κ3) is 3.60. The molecule has 1 saturated heterocycles. The van der Waals surface area contributed by atoms with Crippen molar-refractivity contribution in [3.63, 3.8) is 0 Å². The molecule has 2 heterocycles. The van der Waals surface area contributed by atoms with E-state index in [1.165, 1.54) is 0 Å². The molecule has 1 fully saturated rings. The summed E-state index contributed by atoms with van der Waals surface area (Å²) in [5.74, 6) is -7.01. The van der Waals surface area contributed by atoms with Gasteiger partial charge in [0.05, 0.1) is 23.0 Å². The number of hydrogen-bond acceptors (Lipinski definition) is 3. The van der Waals surface area contributed by atoms with Gasteiger partial charge in [-0.25, -0.2) is 0 Å². The molecule has 0 radical (unpaired) electrons. The van der Waals surface area contributed by atoms with E-state index in [1.54, 1.807) is 0 Å². The van der Waals surface area contributed by atoms with E-state index in [2.05, 4.69) is 4.98 Å². The van der Waals surface area contributed by atoms with Crippen molar-refractivity contribution in [2.24, 2.45) is 11.8 Å². The average molecular weight is 356 g/mol. The van der Waals surface area contributed by atoms with E-state index in [9.17, 15) is 35.9 Å². The number of rotatable bonds is 2. The lowest BCUT2D eigenvalue weighted by Crippen LogP contribution is -2.34. The van der Waals surface area contributed by atoms with Crippen molar-refractivity contribution in [1.82, 2.24) is 9.88 Å². The fraction of sp³-hybridized carbons (Fsp3) is 0.462. The van der Waals surface area contributed by atoms with E-state index in [1.807, 2.05) is 0 Å². The molecule has 1 aliphatic rings. The van der Waals surface area contributed by atoms with Crippen LogP contribution in [0.3, 0.4) is 0 Å². The van der Waals surface area contributed by atoms with Crippen LogP contribution in [0.25, 0.3) is 0 Å². The number of carbonyl (C=O) groups is 2. The van der Waals surface area contributed by atoms with E-state index < -0.39 is 60.3 Å². The van der Waals surface area contributed by atoms with E-state index >= 15 is 0 Å². The van der Waals surface area contributed by atoms with Gasteiger partial charge in [-0.1, -0.05) is 0 Å². The van der Waals surface area contributed by atoms with Gasteiger partial charge >= 0.3 is 18.3 Å². The van der Waals surface area contributed by atoms with Crippen LogP contribution in [-0.4, -0.2) is 46.1 Å². The Labute approximate surface area is 130 Å². The summed E-state index contributed by atoms with van der Waals surface area (Å²) in [5.41, 5.74) is -1.79. The number of nitrogens with zero attached hydrogens (tertiary/aromatic N) is 2. The lowest BCUT2D eigenvalue weighted by molar-refractivity contribution is -0.187. The number of likely N-dealkylation sites (tertiary alicyclic amines) is 1. The van der Waals surface area contributed by atoms with Crippen molar-refractivity contribution >= 4 is 11.9 Å². The quantitative estimate of drug-likeness (QED) is 0.827. The molecule has 0 aliphatic carbocycles. The van der Waals surface area contributed by atoms with Gasteiger partial charge < -0.3 is 10.0 Å². The standard InChI is InChI=1S/C13H10F6N2O3/c14-12(15,16)7-1-6(2-20-3-7)10(22)21-4-8(11(23)24)9(5-21)13(17,18)19/h1-3,8-9H,4-5H2,(H,23,24)/t8-,9-/m1/s1. The highest BCUT2D eigenvalue weighted by molar-refractivity contribution is 5.94. The van der Waals surface area contributed by atoms with Crippen LogP contribution in [0.4, 0.5) is 26.3 Å². The summed E-state index contributed by atoms with van der Waals surface area (Å²) < 4.78 is 76.4. The fourth-order valence-corrected chi connectivity index (χ4v) is 2.45. The third-order valence-electron chi connectivity index (χ3n) is 3.66. The SMILES string of the molecule is O=C(O)[C@@H]1CN(C(=O)c2cncc(C(F)(F)F)c2)C[C@H]1C(F)(F)F. The first-order valence-electron chi connectivity index (χ1n) is 6.52. The summed E-state index contributed by atoms with van der Waals surface area (Å²) in [6, 6.07) is 0.464. The van der Waals surface area contributed by atoms with Crippen molar-refractivity contribution in [2.45, 2.75) is 12.4 Å². The van der Waals surface area contributed by atoms with Crippen LogP contribution in [0, 0.1) is 11.8 Å². The molecule has 0 spiro atoms. The van der Waals surface area contributed by atoms with Crippen molar-refractivity contribution in [3.05, 3.63) is 29.6 Å². The molecule has 0 aromatic carbocycles. The molecule has 0 bridgehead atoms. The highest BCUT2D eigenvalue weighted by Crippen LogP contribution is 2.38. The Hall–Kier alpha value is -2.33. The molecule has 1 aromatic rings. The predicted octanol–water partition coefficient (Wildman–Crippen LogP) is 2.44. The van der Waals surface area contributed by atoms with E-state index in [-0.39, 0.29) is 0 Å². The second-order valence-corrected chi connectivity index (χ2v) is 5.26. The van der Waals surface area contributed by atoms with Gasteiger partial charge in [-0.2, -0.15) is 26.3 Å². The van der Waals surface area contributed by atoms with E-state index in [4.69, 9.17) is 5.11 Å². The maximum absolute atomic E-state index is 12.9. The number of halogens is 6. The topological polar surface area (TPSA) is 70.5 Å². The number of hydrogen-bond donors (Lipinski definition) is 1. The zero-order valence-corrected chi connectivity index (χ0v) is 11.7. The van der Waals surface area contributed by atoms with Crippen molar-refractivity contribution in [3.8, 4) is 0 Å². The first kappa shape index (κ1) is 18.0. The van der Waals surface area contributed by atoms with E-state index in [0.717, 1.165) is 6.20 Å². The minimum Gasteiger partial charge on any atom is -0.481 e. The number of aliphatic carboxylic acids is 1. The van der Waals surface area contributed by atoms with Crippen LogP contribution < -0.4 is 0 Å². The van der Waals surface area contributed by atoms with Crippen LogP contribution >= 0.6 is 0 Å². The highest BCUT2D eigenvalue weighted by Gasteiger charge is 2.53. The van der Waals surface area contributed by atoms with Gasteiger partial charge in [0, 0.05) is 25.5 Å². The Balaban J connectivity index is 2.27. The van der Waals surface area contributed by atoms with Crippen LogP contribution in [-0.2, 0) is 11.0 Å². The average Bonchev–Trinajstić information content (AvgIpc) is 2.91. The maximum atomic E-state index is 12.9. The molecular weight excluding hydrogens is 346 g/mol. The van der Waals surface area contributed by atoms with Gasteiger partial charge in [0.25, 0.3) is 5.91 Å². The molecule has 5 nitrogen and oxygen atoms in total. The van der Waals surface area contributed by atoms with Crippen molar-refractivity contribution in [1.29, 1.82) is 0 Å². The molecule has 24 heavy (non-hydrogen) atoms. The lowest BCUT2D eigenvalue weighted by atomic mass is 9.96. The smallest absolute Gasteiger partial charge is 0.417 e. The number of aromatic nitrogens is 1. The number of carboxylic acid groups (broad SMARTS) is 1. The van der Waals surface area contributed by atoms with Crippen molar-refractivity contribution < 1.29 is 41.0 Å².